The highest BCUT2D eigenvalue weighted by Gasteiger charge is 2.43. The zero-order chi connectivity index (χ0) is 59.8. The average molecular weight is 1320 g/mol. The minimum Gasteiger partial charge on any atom is -0.461 e. The molecular weight excluding hydrogens is 1270 g/mol. The maximum Gasteiger partial charge on any atom is 0.395 e. The molecule has 5 aromatic heterocycles. The monoisotopic (exact) mass is 1320 g/mol. The second kappa shape index (κ2) is 31.5. The number of pyridine rings is 4. The minimum atomic E-state index is -3.64. The number of Topliss-reactive ketones (excluding diaryl/α,β-unsaturated/α-hetero) is 1. The summed E-state index contributed by atoms with van der Waals surface area (Å²) in [7, 11) is 0. The van der Waals surface area contributed by atoms with Gasteiger partial charge < -0.3 is 26.2 Å². The van der Waals surface area contributed by atoms with Crippen molar-refractivity contribution in [2.75, 3.05) is 32.2 Å². The summed E-state index contributed by atoms with van der Waals surface area (Å²) in [4.78, 5) is 45.1. The van der Waals surface area contributed by atoms with Crippen LogP contribution < -0.4 is 23.3 Å². The van der Waals surface area contributed by atoms with Crippen molar-refractivity contribution in [1.29, 1.82) is 0 Å². The summed E-state index contributed by atoms with van der Waals surface area (Å²) in [6.45, 7) is 4.07. The van der Waals surface area contributed by atoms with Gasteiger partial charge in [0, 0.05) is 89.1 Å². The standard InChI is InChI=1S/C13H11F2NO2.C12H9F2N5S.C12H10F2N2O.C9H6IN.C4H5BrF2O2.C2H6O.H4N2/c1-2-18-12(17)13(14,15)10-5-6-11-9(8-10)4-3-7-16-11;13-12(14,10-17-18-11(20)19(10)15)8-3-4-9-7(6-8)2-1-5-16-9;13-12(14,11(17)7-15)9-3-4-10-8(6-9)2-1-5-16-10;10-8-3-4-9-7(6-8)2-1-5-11-9;1-2-9-3(8)4(5,6)7;1-2-3;1-2/h3-8H,2H2,1H3;1-6H,15H2,(H,18,20);1-6H,7,15H2;1-6H;2H2,1H3;3H,2H2,1H3;1-2H2. The Balaban J connectivity index is 0.000000263. The largest absolute Gasteiger partial charge is 0.461 e. The van der Waals surface area contributed by atoms with Crippen molar-refractivity contribution >= 4 is 112 Å². The van der Waals surface area contributed by atoms with Crippen molar-refractivity contribution in [1.82, 2.24) is 34.8 Å². The molecule has 426 valence electrons. The van der Waals surface area contributed by atoms with Gasteiger partial charge in [-0.3, -0.25) is 36.4 Å². The number of nitrogen functional groups attached to an aromatic ring is 1. The number of esters is 2. The first kappa shape index (κ1) is 67.1. The van der Waals surface area contributed by atoms with Gasteiger partial charge in [-0.25, -0.2) is 19.4 Å². The molecule has 0 amide bonds. The van der Waals surface area contributed by atoms with Crippen LogP contribution >= 0.6 is 50.7 Å². The number of ketones is 1. The van der Waals surface area contributed by atoms with Crippen LogP contribution in [0.25, 0.3) is 43.6 Å². The molecule has 5 heterocycles. The number of H-pyrrole nitrogens is 1. The van der Waals surface area contributed by atoms with Crippen molar-refractivity contribution in [3.63, 3.8) is 0 Å². The Morgan fingerprint density at radius 1 is 0.625 bits per heavy atom. The molecule has 0 spiro atoms. The zero-order valence-electron chi connectivity index (χ0n) is 42.4. The van der Waals surface area contributed by atoms with Gasteiger partial charge in [0.15, 0.2) is 0 Å². The molecular formula is C52H51BrF8IN11O6S. The SMILES string of the molecule is CCO.CCOC(=O)C(F)(F)Br.CCOC(=O)C(F)(F)c1ccc2ncccc2c1.Ic1ccc2ncccc2c1.NCC(=O)C(F)(F)c1ccc2ncccc2c1.NN.Nn1c(C(F)(F)c2ccc3ncccc3c2)n[nH]c1=S. The van der Waals surface area contributed by atoms with E-state index < -0.39 is 52.7 Å². The van der Waals surface area contributed by atoms with Crippen molar-refractivity contribution < 1.29 is 64.1 Å². The van der Waals surface area contributed by atoms with Gasteiger partial charge in [0.2, 0.25) is 16.4 Å². The summed E-state index contributed by atoms with van der Waals surface area (Å²) in [5.41, 5.74) is 6.90. The molecule has 0 fully saturated rings. The molecule has 4 aromatic carbocycles. The molecule has 9 aromatic rings. The average Bonchev–Trinajstić information content (AvgIpc) is 3.82. The molecule has 0 aliphatic carbocycles. The van der Waals surface area contributed by atoms with Crippen LogP contribution in [0.3, 0.4) is 0 Å². The van der Waals surface area contributed by atoms with Crippen molar-refractivity contribution in [2.24, 2.45) is 17.4 Å². The van der Waals surface area contributed by atoms with Gasteiger partial charge >= 0.3 is 34.5 Å². The number of hydrogen-bond acceptors (Lipinski definition) is 16. The number of rotatable bonds is 10. The zero-order valence-corrected chi connectivity index (χ0v) is 46.9. The number of carbonyl (C=O) groups is 3. The Kier molecular flexibility index (Phi) is 26.4. The number of aliphatic hydroxyl groups excluding tert-OH is 1. The number of aliphatic hydroxyl groups is 1. The van der Waals surface area contributed by atoms with E-state index in [4.69, 9.17) is 28.9 Å². The normalized spacial score (nSPS) is 11.0. The van der Waals surface area contributed by atoms with E-state index >= 15 is 0 Å². The van der Waals surface area contributed by atoms with Crippen LogP contribution in [-0.2, 0) is 41.6 Å². The summed E-state index contributed by atoms with van der Waals surface area (Å²) in [6.07, 6.45) is 6.57. The Morgan fingerprint density at radius 2 is 0.988 bits per heavy atom. The van der Waals surface area contributed by atoms with Gasteiger partial charge in [0.1, 0.15) is 0 Å². The molecule has 10 N–H and O–H groups in total. The van der Waals surface area contributed by atoms with E-state index in [1.165, 1.54) is 77.4 Å². The highest BCUT2D eigenvalue weighted by Crippen LogP contribution is 2.36. The lowest BCUT2D eigenvalue weighted by Gasteiger charge is -2.15. The van der Waals surface area contributed by atoms with Gasteiger partial charge in [0.05, 0.1) is 41.8 Å². The number of aromatic nitrogens is 7. The van der Waals surface area contributed by atoms with Crippen molar-refractivity contribution in [2.45, 2.75) is 43.4 Å². The Morgan fingerprint density at radius 3 is 1.35 bits per heavy atom. The third-order valence-corrected chi connectivity index (χ3v) is 11.3. The molecule has 9 rings (SSSR count). The third-order valence-electron chi connectivity index (χ3n) is 10.0. The number of nitrogens with zero attached hydrogens (tertiary/aromatic N) is 6. The maximum absolute atomic E-state index is 14.4. The molecule has 0 atom stereocenters. The summed E-state index contributed by atoms with van der Waals surface area (Å²) < 4.78 is 117. The number of halogens is 10. The van der Waals surface area contributed by atoms with Crippen molar-refractivity contribution in [3.05, 3.63) is 177 Å². The van der Waals surface area contributed by atoms with E-state index in [9.17, 15) is 49.5 Å². The molecule has 17 nitrogen and oxygen atoms in total. The fourth-order valence-electron chi connectivity index (χ4n) is 6.36. The van der Waals surface area contributed by atoms with Gasteiger partial charge in [-0.05, 0) is 134 Å². The van der Waals surface area contributed by atoms with E-state index in [0.29, 0.717) is 37.4 Å². The van der Waals surface area contributed by atoms with Crippen LogP contribution in [-0.4, -0.2) is 88.8 Å². The van der Waals surface area contributed by atoms with Gasteiger partial charge in [0.25, 0.3) is 0 Å². The summed E-state index contributed by atoms with van der Waals surface area (Å²) in [5.74, 6) is -2.08. The number of carbonyl (C=O) groups excluding carboxylic acids is 3. The first-order valence-electron chi connectivity index (χ1n) is 23.1. The fourth-order valence-corrected chi connectivity index (χ4v) is 7.12. The summed E-state index contributed by atoms with van der Waals surface area (Å²) >= 11 is 8.88. The third kappa shape index (κ3) is 18.7. The van der Waals surface area contributed by atoms with Crippen LogP contribution in [0.2, 0.25) is 0 Å². The molecule has 0 radical (unpaired) electrons. The van der Waals surface area contributed by atoms with Crippen LogP contribution in [0, 0.1) is 8.34 Å². The summed E-state index contributed by atoms with van der Waals surface area (Å²) in [5, 5.41) is 16.3. The molecule has 0 aliphatic rings. The number of fused-ring (bicyclic) bond motifs is 4. The molecule has 0 saturated carbocycles. The highest BCUT2D eigenvalue weighted by molar-refractivity contribution is 14.1. The topological polar surface area (TPSA) is 279 Å². The first-order valence-corrected chi connectivity index (χ1v) is 25.4. The molecule has 80 heavy (non-hydrogen) atoms. The number of aromatic amines is 1. The predicted molar refractivity (Wildman–Crippen MR) is 300 cm³/mol. The lowest BCUT2D eigenvalue weighted by atomic mass is 10.0. The lowest BCUT2D eigenvalue weighted by molar-refractivity contribution is -0.173. The fraction of sp³-hybridized carbons (Fsp3) is 0.212. The number of benzene rings is 4. The predicted octanol–water partition coefficient (Wildman–Crippen LogP) is 10.3. The number of hydrogen-bond donors (Lipinski definition) is 6. The first-order chi connectivity index (χ1) is 37.9. The van der Waals surface area contributed by atoms with Crippen molar-refractivity contribution in [3.8, 4) is 0 Å². The maximum atomic E-state index is 14.4. The van der Waals surface area contributed by atoms with Gasteiger partial charge in [-0.15, -0.1) is 0 Å². The molecule has 0 unspecified atom stereocenters. The Hall–Kier alpha value is -7.22. The second-order valence-electron chi connectivity index (χ2n) is 15.4. The van der Waals surface area contributed by atoms with E-state index in [2.05, 4.69) is 92.1 Å². The second-order valence-corrected chi connectivity index (χ2v) is 18.0. The smallest absolute Gasteiger partial charge is 0.395 e. The van der Waals surface area contributed by atoms with E-state index in [-0.39, 0.29) is 41.3 Å². The van der Waals surface area contributed by atoms with Crippen LogP contribution in [0.4, 0.5) is 35.1 Å². The van der Waals surface area contributed by atoms with E-state index in [1.807, 2.05) is 34.3 Å². The summed E-state index contributed by atoms with van der Waals surface area (Å²) in [6, 6.07) is 32.3. The number of nitrogens with one attached hydrogen (secondary N) is 1. The quantitative estimate of drug-likeness (QED) is 0.0141. The van der Waals surface area contributed by atoms with Crippen LogP contribution in [0.5, 0.6) is 0 Å². The van der Waals surface area contributed by atoms with Gasteiger partial charge in [-0.1, -0.05) is 42.5 Å². The number of ether oxygens (including phenoxy) is 2. The number of alkyl halides is 9. The Labute approximate surface area is 478 Å². The van der Waals surface area contributed by atoms with E-state index in [0.717, 1.165) is 5.52 Å². The molecule has 0 saturated heterocycles. The Bertz CT molecular complexity index is 3530. The minimum absolute atomic E-state index is 0.0416. The van der Waals surface area contributed by atoms with Crippen LogP contribution in [0.15, 0.2) is 146 Å². The van der Waals surface area contributed by atoms with Crippen LogP contribution in [0.1, 0.15) is 43.3 Å². The highest BCUT2D eigenvalue weighted by atomic mass is 127. The lowest BCUT2D eigenvalue weighted by Crippen LogP contribution is -2.32. The number of hydrazine groups is 1. The molecule has 0 bridgehead atoms. The van der Waals surface area contributed by atoms with E-state index in [1.54, 1.807) is 61.9 Å². The van der Waals surface area contributed by atoms with Gasteiger partial charge in [-0.2, -0.15) is 40.2 Å². The molecule has 0 aliphatic heterocycles. The number of nitrogens with two attached hydrogens (primary N) is 4. The molecule has 28 heteroatoms.